The Kier molecular flexibility index (Phi) is 7.98. The van der Waals surface area contributed by atoms with Gasteiger partial charge in [-0.2, -0.15) is 0 Å². The van der Waals surface area contributed by atoms with Crippen molar-refractivity contribution in [3.8, 4) is 0 Å². The number of amides is 1. The number of carboxylic acid groups (broad SMARTS) is 1. The summed E-state index contributed by atoms with van der Waals surface area (Å²) in [6.07, 6.45) is 11.0. The number of carbonyl (C=O) groups is 2. The fourth-order valence-corrected chi connectivity index (χ4v) is 4.09. The van der Waals surface area contributed by atoms with E-state index >= 15 is 0 Å². The first-order valence-electron chi connectivity index (χ1n) is 11.5. The summed E-state index contributed by atoms with van der Waals surface area (Å²) in [6.45, 7) is 5.59. The zero-order valence-electron chi connectivity index (χ0n) is 19.4. The number of aryl methyl sites for hydroxylation is 2. The molecule has 10 heteroatoms. The first-order chi connectivity index (χ1) is 15.3. The highest BCUT2D eigenvalue weighted by Gasteiger charge is 2.32. The van der Waals surface area contributed by atoms with Crippen molar-refractivity contribution < 1.29 is 14.7 Å². The molecule has 0 unspecified atom stereocenters. The van der Waals surface area contributed by atoms with Crippen molar-refractivity contribution in [1.82, 2.24) is 34.7 Å². The van der Waals surface area contributed by atoms with E-state index in [0.717, 1.165) is 70.4 Å². The van der Waals surface area contributed by atoms with Gasteiger partial charge in [0.15, 0.2) is 0 Å². The quantitative estimate of drug-likeness (QED) is 0.528. The lowest BCUT2D eigenvalue weighted by Gasteiger charge is -2.31. The van der Waals surface area contributed by atoms with Gasteiger partial charge in [-0.3, -0.25) is 14.3 Å². The van der Waals surface area contributed by atoms with E-state index in [4.69, 9.17) is 0 Å². The molecule has 0 saturated carbocycles. The van der Waals surface area contributed by atoms with Crippen LogP contribution in [0.1, 0.15) is 82.7 Å². The number of hydrogen-bond acceptors (Lipinski definition) is 6. The van der Waals surface area contributed by atoms with Crippen LogP contribution in [0.25, 0.3) is 0 Å². The molecule has 0 atom stereocenters. The molecule has 3 rings (SSSR count). The summed E-state index contributed by atoms with van der Waals surface area (Å²) in [5, 5.41) is 25.5. The number of aliphatic carboxylic acids is 1. The van der Waals surface area contributed by atoms with E-state index in [0.29, 0.717) is 18.0 Å². The summed E-state index contributed by atoms with van der Waals surface area (Å²) in [5.41, 5.74) is -0.556. The minimum atomic E-state index is -1.03. The molecule has 1 aliphatic heterocycles. The molecule has 1 amide bonds. The van der Waals surface area contributed by atoms with Gasteiger partial charge in [0.25, 0.3) is 0 Å². The van der Waals surface area contributed by atoms with Gasteiger partial charge in [-0.05, 0) is 39.5 Å². The van der Waals surface area contributed by atoms with Crippen LogP contribution in [0.4, 0.5) is 0 Å². The molecule has 176 valence electrons. The first-order valence-corrected chi connectivity index (χ1v) is 11.5. The summed E-state index contributed by atoms with van der Waals surface area (Å²) in [7, 11) is 1.97. The van der Waals surface area contributed by atoms with Gasteiger partial charge in [-0.25, -0.2) is 0 Å². The maximum absolute atomic E-state index is 12.5. The molecule has 1 fully saturated rings. The molecule has 0 aliphatic carbocycles. The van der Waals surface area contributed by atoms with Crippen LogP contribution >= 0.6 is 0 Å². The van der Waals surface area contributed by atoms with Gasteiger partial charge in [-0.1, -0.05) is 24.5 Å². The van der Waals surface area contributed by atoms with Crippen molar-refractivity contribution in [3.05, 3.63) is 24.0 Å². The van der Waals surface area contributed by atoms with Gasteiger partial charge in [0.05, 0.1) is 5.69 Å². The lowest BCUT2D eigenvalue weighted by Crippen LogP contribution is -2.38. The Balaban J connectivity index is 1.26. The highest BCUT2D eigenvalue weighted by atomic mass is 16.4. The molecule has 0 radical (unpaired) electrons. The zero-order valence-corrected chi connectivity index (χ0v) is 19.4. The molecule has 1 N–H and O–H groups in total. The van der Waals surface area contributed by atoms with Crippen LogP contribution in [0.5, 0.6) is 0 Å². The number of aromatic nitrogens is 6. The fourth-order valence-electron chi connectivity index (χ4n) is 4.09. The van der Waals surface area contributed by atoms with Gasteiger partial charge in [0, 0.05) is 45.2 Å². The van der Waals surface area contributed by atoms with Crippen LogP contribution in [-0.2, 0) is 28.6 Å². The molecular formula is C22H35N7O3. The molecule has 32 heavy (non-hydrogen) atoms. The van der Waals surface area contributed by atoms with Crippen molar-refractivity contribution in [3.63, 3.8) is 0 Å². The predicted octanol–water partition coefficient (Wildman–Crippen LogP) is 2.52. The van der Waals surface area contributed by atoms with Crippen LogP contribution in [0, 0.1) is 0 Å². The summed E-state index contributed by atoms with van der Waals surface area (Å²) in [6, 6.07) is 0. The van der Waals surface area contributed by atoms with Crippen LogP contribution in [-0.4, -0.2) is 64.7 Å². The van der Waals surface area contributed by atoms with Crippen LogP contribution < -0.4 is 0 Å². The minimum Gasteiger partial charge on any atom is -0.481 e. The highest BCUT2D eigenvalue weighted by Crippen LogP contribution is 2.26. The monoisotopic (exact) mass is 445 g/mol. The van der Waals surface area contributed by atoms with Gasteiger partial charge >= 0.3 is 5.97 Å². The smallest absolute Gasteiger partial charge is 0.315 e. The molecule has 3 heterocycles. The Bertz CT molecular complexity index is 897. The number of unbranched alkanes of at least 4 members (excludes halogenated alkanes) is 4. The summed E-state index contributed by atoms with van der Waals surface area (Å²) in [4.78, 5) is 25.8. The highest BCUT2D eigenvalue weighted by molar-refractivity contribution is 5.79. The molecular weight excluding hydrogens is 410 g/mol. The van der Waals surface area contributed by atoms with E-state index in [9.17, 15) is 14.7 Å². The standard InChI is InChI=1S/C22H35N7O3/c1-22(2,21(31)32)18-15-29(26-24-18)12-8-6-4-5-7-9-19(30)28-13-10-17(11-14-28)20-25-23-16-27(20)3/h15-17H,4-14H2,1-3H3,(H,31,32). The molecule has 1 aliphatic rings. The van der Waals surface area contributed by atoms with Crippen molar-refractivity contribution >= 4 is 11.9 Å². The molecule has 0 aromatic carbocycles. The van der Waals surface area contributed by atoms with E-state index in [1.54, 1.807) is 31.1 Å². The molecule has 10 nitrogen and oxygen atoms in total. The summed E-state index contributed by atoms with van der Waals surface area (Å²) < 4.78 is 3.69. The summed E-state index contributed by atoms with van der Waals surface area (Å²) >= 11 is 0. The van der Waals surface area contributed by atoms with E-state index in [-0.39, 0.29) is 5.91 Å². The summed E-state index contributed by atoms with van der Waals surface area (Å²) in [5.74, 6) is 0.763. The third-order valence-electron chi connectivity index (χ3n) is 6.45. The fraction of sp³-hybridized carbons (Fsp3) is 0.727. The molecule has 2 aromatic heterocycles. The van der Waals surface area contributed by atoms with Crippen molar-refractivity contribution in [2.24, 2.45) is 7.05 Å². The second-order valence-corrected chi connectivity index (χ2v) is 9.27. The van der Waals surface area contributed by atoms with Crippen LogP contribution in [0.2, 0.25) is 0 Å². The van der Waals surface area contributed by atoms with E-state index in [2.05, 4.69) is 20.5 Å². The Morgan fingerprint density at radius 1 is 1.09 bits per heavy atom. The average molecular weight is 446 g/mol. The first kappa shape index (κ1) is 23.9. The van der Waals surface area contributed by atoms with Crippen molar-refractivity contribution in [1.29, 1.82) is 0 Å². The van der Waals surface area contributed by atoms with Crippen molar-refractivity contribution in [2.45, 2.75) is 83.1 Å². The number of carbonyl (C=O) groups excluding carboxylic acids is 1. The zero-order chi connectivity index (χ0) is 23.1. The third-order valence-corrected chi connectivity index (χ3v) is 6.45. The Hall–Kier alpha value is -2.78. The Morgan fingerprint density at radius 3 is 2.44 bits per heavy atom. The lowest BCUT2D eigenvalue weighted by atomic mass is 9.90. The van der Waals surface area contributed by atoms with E-state index < -0.39 is 11.4 Å². The normalized spacial score (nSPS) is 15.3. The average Bonchev–Trinajstić information content (AvgIpc) is 3.42. The van der Waals surface area contributed by atoms with Gasteiger partial charge in [-0.15, -0.1) is 15.3 Å². The topological polar surface area (TPSA) is 119 Å². The molecule has 1 saturated heterocycles. The maximum Gasteiger partial charge on any atom is 0.315 e. The molecule has 2 aromatic rings. The van der Waals surface area contributed by atoms with Crippen LogP contribution in [0.3, 0.4) is 0 Å². The van der Waals surface area contributed by atoms with E-state index in [1.165, 1.54) is 0 Å². The number of piperidine rings is 1. The second kappa shape index (κ2) is 10.7. The Labute approximate surface area is 189 Å². The van der Waals surface area contributed by atoms with E-state index in [1.807, 2.05) is 16.5 Å². The minimum absolute atomic E-state index is 0.262. The number of hydrogen-bond donors (Lipinski definition) is 1. The third kappa shape index (κ3) is 5.92. The number of rotatable bonds is 11. The number of likely N-dealkylation sites (tertiary alicyclic amines) is 1. The maximum atomic E-state index is 12.5. The number of nitrogens with zero attached hydrogens (tertiary/aromatic N) is 7. The largest absolute Gasteiger partial charge is 0.481 e. The number of carboxylic acids is 1. The van der Waals surface area contributed by atoms with Gasteiger partial charge < -0.3 is 14.6 Å². The van der Waals surface area contributed by atoms with Crippen LogP contribution in [0.15, 0.2) is 12.5 Å². The van der Waals surface area contributed by atoms with Gasteiger partial charge in [0.1, 0.15) is 17.6 Å². The molecule has 0 bridgehead atoms. The SMILES string of the molecule is Cn1cnnc1C1CCN(C(=O)CCCCCCCn2cc(C(C)(C)C(=O)O)nn2)CC1. The lowest BCUT2D eigenvalue weighted by molar-refractivity contribution is -0.142. The predicted molar refractivity (Wildman–Crippen MR) is 118 cm³/mol. The Morgan fingerprint density at radius 2 is 1.78 bits per heavy atom. The van der Waals surface area contributed by atoms with Crippen molar-refractivity contribution in [2.75, 3.05) is 13.1 Å². The molecule has 0 spiro atoms. The second-order valence-electron chi connectivity index (χ2n) is 9.27. The van der Waals surface area contributed by atoms with Gasteiger partial charge in [0.2, 0.25) is 5.91 Å².